The number of methoxy groups -OCH3 is 2. The number of thioether (sulfide) groups is 1. The molecule has 3 rings (SSSR count). The number of amides is 1. The van der Waals surface area contributed by atoms with Crippen LogP contribution in [0.3, 0.4) is 0 Å². The lowest BCUT2D eigenvalue weighted by molar-refractivity contribution is -0.122. The first-order valence-corrected chi connectivity index (χ1v) is 8.85. The van der Waals surface area contributed by atoms with Crippen molar-refractivity contribution < 1.29 is 14.3 Å². The highest BCUT2D eigenvalue weighted by Gasteiger charge is 2.31. The number of carbonyl (C=O) groups excluding carboxylic acids is 1. The summed E-state index contributed by atoms with van der Waals surface area (Å²) in [6, 6.07) is 15.2. The molecular weight excluding hydrogens is 354 g/mol. The van der Waals surface area contributed by atoms with Crippen LogP contribution in [0.5, 0.6) is 11.5 Å². The Hall–Kier alpha value is -2.31. The van der Waals surface area contributed by atoms with Gasteiger partial charge in [-0.1, -0.05) is 48.2 Å². The standard InChI is InChI=1S/C19H17NO3S2/c1-22-15-8-6-13(7-9-15)12-20-18(21)17(25-19(20)24)11-14-4-3-5-16(10-14)23-2/h3-11H,12H2,1-2H3. The first kappa shape index (κ1) is 17.5. The first-order valence-electron chi connectivity index (χ1n) is 7.63. The molecule has 1 saturated heterocycles. The number of ether oxygens (including phenoxy) is 2. The number of carbonyl (C=O) groups is 1. The zero-order valence-corrected chi connectivity index (χ0v) is 15.5. The van der Waals surface area contributed by atoms with Gasteiger partial charge in [-0.25, -0.2) is 0 Å². The first-order chi connectivity index (χ1) is 12.1. The van der Waals surface area contributed by atoms with Crippen molar-refractivity contribution in [2.45, 2.75) is 6.54 Å². The van der Waals surface area contributed by atoms with Crippen LogP contribution in [0.1, 0.15) is 11.1 Å². The summed E-state index contributed by atoms with van der Waals surface area (Å²) in [5.74, 6) is 1.46. The third kappa shape index (κ3) is 4.03. The van der Waals surface area contributed by atoms with E-state index >= 15 is 0 Å². The molecule has 2 aromatic carbocycles. The molecule has 0 aliphatic carbocycles. The molecule has 1 aliphatic heterocycles. The van der Waals surface area contributed by atoms with Crippen molar-refractivity contribution >= 4 is 40.3 Å². The van der Waals surface area contributed by atoms with Crippen LogP contribution in [0.2, 0.25) is 0 Å². The van der Waals surface area contributed by atoms with Crippen molar-refractivity contribution in [1.82, 2.24) is 4.90 Å². The molecule has 1 heterocycles. The molecule has 6 heteroatoms. The smallest absolute Gasteiger partial charge is 0.266 e. The Morgan fingerprint density at radius 1 is 1.08 bits per heavy atom. The molecule has 1 aliphatic rings. The summed E-state index contributed by atoms with van der Waals surface area (Å²) in [7, 11) is 3.24. The molecule has 4 nitrogen and oxygen atoms in total. The van der Waals surface area contributed by atoms with Gasteiger partial charge in [-0.15, -0.1) is 0 Å². The normalized spacial score (nSPS) is 15.8. The molecule has 128 valence electrons. The maximum Gasteiger partial charge on any atom is 0.266 e. The van der Waals surface area contributed by atoms with Gasteiger partial charge < -0.3 is 9.47 Å². The second-order valence-corrected chi connectivity index (χ2v) is 7.07. The van der Waals surface area contributed by atoms with Gasteiger partial charge in [0.05, 0.1) is 25.7 Å². The average molecular weight is 371 g/mol. The lowest BCUT2D eigenvalue weighted by Crippen LogP contribution is -2.27. The van der Waals surface area contributed by atoms with Crippen molar-refractivity contribution in [2.75, 3.05) is 14.2 Å². The van der Waals surface area contributed by atoms with Gasteiger partial charge in [-0.2, -0.15) is 0 Å². The number of hydrogen-bond acceptors (Lipinski definition) is 5. The van der Waals surface area contributed by atoms with Gasteiger partial charge in [0, 0.05) is 0 Å². The van der Waals surface area contributed by atoms with E-state index in [2.05, 4.69) is 0 Å². The number of hydrogen-bond donors (Lipinski definition) is 0. The van der Waals surface area contributed by atoms with E-state index < -0.39 is 0 Å². The molecule has 0 atom stereocenters. The fraction of sp³-hybridized carbons (Fsp3) is 0.158. The van der Waals surface area contributed by atoms with Gasteiger partial charge >= 0.3 is 0 Å². The maximum atomic E-state index is 12.7. The van der Waals surface area contributed by atoms with Crippen LogP contribution in [0.4, 0.5) is 0 Å². The third-order valence-electron chi connectivity index (χ3n) is 3.76. The van der Waals surface area contributed by atoms with Crippen LogP contribution in [0.15, 0.2) is 53.4 Å². The molecule has 25 heavy (non-hydrogen) atoms. The van der Waals surface area contributed by atoms with Gasteiger partial charge in [-0.05, 0) is 41.5 Å². The van der Waals surface area contributed by atoms with E-state index in [0.29, 0.717) is 15.8 Å². The van der Waals surface area contributed by atoms with E-state index in [0.717, 1.165) is 22.6 Å². The largest absolute Gasteiger partial charge is 0.497 e. The molecule has 0 N–H and O–H groups in total. The Kier molecular flexibility index (Phi) is 5.40. The summed E-state index contributed by atoms with van der Waals surface area (Å²) in [5, 5.41) is 0. The van der Waals surface area contributed by atoms with Crippen molar-refractivity contribution in [1.29, 1.82) is 0 Å². The summed E-state index contributed by atoms with van der Waals surface area (Å²) in [5.41, 5.74) is 1.91. The van der Waals surface area contributed by atoms with Gasteiger partial charge in [0.25, 0.3) is 5.91 Å². The van der Waals surface area contributed by atoms with Crippen LogP contribution in [0.25, 0.3) is 6.08 Å². The second kappa shape index (κ2) is 7.72. The monoisotopic (exact) mass is 371 g/mol. The maximum absolute atomic E-state index is 12.7. The van der Waals surface area contributed by atoms with Gasteiger partial charge in [0.2, 0.25) is 0 Å². The van der Waals surface area contributed by atoms with E-state index in [4.69, 9.17) is 21.7 Å². The highest BCUT2D eigenvalue weighted by Crippen LogP contribution is 2.34. The summed E-state index contributed by atoms with van der Waals surface area (Å²) < 4.78 is 10.9. The predicted octanol–water partition coefficient (Wildman–Crippen LogP) is 4.11. The quantitative estimate of drug-likeness (QED) is 0.584. The molecule has 0 spiro atoms. The molecule has 0 unspecified atom stereocenters. The lowest BCUT2D eigenvalue weighted by atomic mass is 10.2. The van der Waals surface area contributed by atoms with Crippen LogP contribution >= 0.6 is 24.0 Å². The molecule has 0 radical (unpaired) electrons. The minimum absolute atomic E-state index is 0.0753. The highest BCUT2D eigenvalue weighted by molar-refractivity contribution is 8.26. The third-order valence-corrected chi connectivity index (χ3v) is 5.14. The topological polar surface area (TPSA) is 38.8 Å². The van der Waals surface area contributed by atoms with Crippen LogP contribution in [-0.4, -0.2) is 29.3 Å². The van der Waals surface area contributed by atoms with Crippen molar-refractivity contribution in [3.8, 4) is 11.5 Å². The van der Waals surface area contributed by atoms with Gasteiger partial charge in [0.1, 0.15) is 15.8 Å². The predicted molar refractivity (Wildman–Crippen MR) is 105 cm³/mol. The Bertz CT molecular complexity index is 831. The Morgan fingerprint density at radius 3 is 2.48 bits per heavy atom. The fourth-order valence-electron chi connectivity index (χ4n) is 2.43. The molecule has 2 aromatic rings. The summed E-state index contributed by atoms with van der Waals surface area (Å²) in [6.45, 7) is 0.449. The minimum Gasteiger partial charge on any atom is -0.497 e. The number of thiocarbonyl (C=S) groups is 1. The van der Waals surface area contributed by atoms with Crippen LogP contribution in [0, 0.1) is 0 Å². The molecule has 1 amide bonds. The fourth-order valence-corrected chi connectivity index (χ4v) is 3.69. The Balaban J connectivity index is 1.78. The van der Waals surface area contributed by atoms with E-state index in [1.807, 2.05) is 54.6 Å². The van der Waals surface area contributed by atoms with Crippen molar-refractivity contribution in [2.24, 2.45) is 0 Å². The zero-order valence-electron chi connectivity index (χ0n) is 13.9. The van der Waals surface area contributed by atoms with E-state index in [-0.39, 0.29) is 5.91 Å². The number of benzene rings is 2. The van der Waals surface area contributed by atoms with E-state index in [9.17, 15) is 4.79 Å². The molecule has 0 bridgehead atoms. The summed E-state index contributed by atoms with van der Waals surface area (Å²) in [4.78, 5) is 14.9. The molecule has 1 fully saturated rings. The Morgan fingerprint density at radius 2 is 1.80 bits per heavy atom. The van der Waals surface area contributed by atoms with Crippen LogP contribution in [-0.2, 0) is 11.3 Å². The summed E-state index contributed by atoms with van der Waals surface area (Å²) >= 11 is 6.71. The number of nitrogens with zero attached hydrogens (tertiary/aromatic N) is 1. The minimum atomic E-state index is -0.0753. The highest BCUT2D eigenvalue weighted by atomic mass is 32.2. The second-order valence-electron chi connectivity index (χ2n) is 5.39. The molecule has 0 aromatic heterocycles. The zero-order chi connectivity index (χ0) is 17.8. The molecule has 0 saturated carbocycles. The van der Waals surface area contributed by atoms with Gasteiger partial charge in [0.15, 0.2) is 0 Å². The Labute approximate surface area is 156 Å². The van der Waals surface area contributed by atoms with E-state index in [1.54, 1.807) is 19.1 Å². The van der Waals surface area contributed by atoms with E-state index in [1.165, 1.54) is 11.8 Å². The van der Waals surface area contributed by atoms with Crippen molar-refractivity contribution in [3.63, 3.8) is 0 Å². The SMILES string of the molecule is COc1ccc(CN2C(=O)C(=Cc3cccc(OC)c3)SC2=S)cc1. The number of rotatable bonds is 5. The van der Waals surface area contributed by atoms with Crippen LogP contribution < -0.4 is 9.47 Å². The van der Waals surface area contributed by atoms with Crippen molar-refractivity contribution in [3.05, 3.63) is 64.6 Å². The molecular formula is C19H17NO3S2. The van der Waals surface area contributed by atoms with Gasteiger partial charge in [-0.3, -0.25) is 9.69 Å². The average Bonchev–Trinajstić information content (AvgIpc) is 2.90. The summed E-state index contributed by atoms with van der Waals surface area (Å²) in [6.07, 6.45) is 1.84. The lowest BCUT2D eigenvalue weighted by Gasteiger charge is -2.14.